The summed E-state index contributed by atoms with van der Waals surface area (Å²) in [6, 6.07) is 4.26. The average Bonchev–Trinajstić information content (AvgIpc) is 2.51. The number of esters is 1. The number of ether oxygens (including phenoxy) is 3. The highest BCUT2D eigenvalue weighted by Gasteiger charge is 2.15. The normalized spacial score (nSPS) is 11.6. The van der Waals surface area contributed by atoms with Gasteiger partial charge in [0.1, 0.15) is 17.4 Å². The van der Waals surface area contributed by atoms with E-state index in [4.69, 9.17) is 15.2 Å². The Bertz CT molecular complexity index is 504. The summed E-state index contributed by atoms with van der Waals surface area (Å²) in [6.45, 7) is 0.381. The van der Waals surface area contributed by atoms with E-state index in [0.29, 0.717) is 11.3 Å². The zero-order chi connectivity index (χ0) is 15.8. The van der Waals surface area contributed by atoms with Crippen LogP contribution in [0.2, 0.25) is 0 Å². The summed E-state index contributed by atoms with van der Waals surface area (Å²) in [7, 11) is 4.23. The number of hydrogen-bond acceptors (Lipinski definition) is 6. The van der Waals surface area contributed by atoms with Gasteiger partial charge in [-0.05, 0) is 17.7 Å². The van der Waals surface area contributed by atoms with Gasteiger partial charge in [0.2, 0.25) is 5.91 Å². The van der Waals surface area contributed by atoms with Crippen molar-refractivity contribution in [2.24, 2.45) is 5.73 Å². The van der Waals surface area contributed by atoms with Crippen molar-refractivity contribution in [2.45, 2.75) is 12.6 Å². The third-order valence-corrected chi connectivity index (χ3v) is 2.82. The Morgan fingerprint density at radius 3 is 2.57 bits per heavy atom. The first-order chi connectivity index (χ1) is 10.0. The van der Waals surface area contributed by atoms with E-state index >= 15 is 0 Å². The first-order valence-electron chi connectivity index (χ1n) is 6.31. The average molecular weight is 296 g/mol. The second-order valence-electron chi connectivity index (χ2n) is 4.31. The fourth-order valence-corrected chi connectivity index (χ4v) is 1.71. The zero-order valence-corrected chi connectivity index (χ0v) is 12.3. The summed E-state index contributed by atoms with van der Waals surface area (Å²) in [5, 5.41) is 2.67. The van der Waals surface area contributed by atoms with Gasteiger partial charge in [0, 0.05) is 13.7 Å². The molecule has 7 nitrogen and oxygen atoms in total. The summed E-state index contributed by atoms with van der Waals surface area (Å²) >= 11 is 0. The third-order valence-electron chi connectivity index (χ3n) is 2.82. The topological polar surface area (TPSA) is 99.9 Å². The molecule has 116 valence electrons. The van der Waals surface area contributed by atoms with E-state index in [2.05, 4.69) is 10.1 Å². The lowest BCUT2D eigenvalue weighted by molar-refractivity contribution is -0.123. The van der Waals surface area contributed by atoms with Gasteiger partial charge in [-0.2, -0.15) is 0 Å². The summed E-state index contributed by atoms with van der Waals surface area (Å²) in [5.74, 6) is -0.420. The lowest BCUT2D eigenvalue weighted by Crippen LogP contribution is -2.43. The highest BCUT2D eigenvalue weighted by atomic mass is 16.5. The second-order valence-corrected chi connectivity index (χ2v) is 4.31. The number of hydrogen-bond donors (Lipinski definition) is 2. The molecule has 0 saturated heterocycles. The fourth-order valence-electron chi connectivity index (χ4n) is 1.71. The second kappa shape index (κ2) is 8.23. The number of rotatable bonds is 7. The molecule has 0 aliphatic carbocycles. The SMILES string of the molecule is COCC(N)C(=O)NCc1ccc(OC)c(C(=O)OC)c1. The summed E-state index contributed by atoms with van der Waals surface area (Å²) in [6.07, 6.45) is 0. The van der Waals surface area contributed by atoms with Crippen molar-refractivity contribution in [1.82, 2.24) is 5.32 Å². The molecule has 1 rings (SSSR count). The number of nitrogens with one attached hydrogen (secondary N) is 1. The maximum absolute atomic E-state index is 11.7. The molecular weight excluding hydrogens is 276 g/mol. The van der Waals surface area contributed by atoms with Crippen LogP contribution in [0.5, 0.6) is 5.75 Å². The first-order valence-corrected chi connectivity index (χ1v) is 6.31. The summed E-state index contributed by atoms with van der Waals surface area (Å²) in [4.78, 5) is 23.3. The van der Waals surface area contributed by atoms with Gasteiger partial charge in [-0.3, -0.25) is 4.79 Å². The number of amides is 1. The molecule has 0 fully saturated rings. The van der Waals surface area contributed by atoms with Crippen LogP contribution < -0.4 is 15.8 Å². The van der Waals surface area contributed by atoms with Crippen LogP contribution in [0.4, 0.5) is 0 Å². The molecule has 3 N–H and O–H groups in total. The van der Waals surface area contributed by atoms with Crippen molar-refractivity contribution in [3.8, 4) is 5.75 Å². The van der Waals surface area contributed by atoms with E-state index in [1.807, 2.05) is 0 Å². The Hall–Kier alpha value is -2.12. The fraction of sp³-hybridized carbons (Fsp3) is 0.429. The quantitative estimate of drug-likeness (QED) is 0.691. The van der Waals surface area contributed by atoms with Crippen LogP contribution in [0.25, 0.3) is 0 Å². The van der Waals surface area contributed by atoms with Gasteiger partial charge in [-0.25, -0.2) is 4.79 Å². The van der Waals surface area contributed by atoms with Gasteiger partial charge < -0.3 is 25.3 Å². The predicted octanol–water partition coefficient (Wildman–Crippen LogP) is 0.0717. The third kappa shape index (κ3) is 4.73. The predicted molar refractivity (Wildman–Crippen MR) is 76.0 cm³/mol. The number of methoxy groups -OCH3 is 3. The maximum Gasteiger partial charge on any atom is 0.341 e. The number of nitrogens with two attached hydrogens (primary N) is 1. The van der Waals surface area contributed by atoms with E-state index in [0.717, 1.165) is 5.56 Å². The van der Waals surface area contributed by atoms with Crippen LogP contribution in [-0.4, -0.2) is 45.9 Å². The van der Waals surface area contributed by atoms with Crippen molar-refractivity contribution < 1.29 is 23.8 Å². The van der Waals surface area contributed by atoms with Crippen LogP contribution in [0, 0.1) is 0 Å². The lowest BCUT2D eigenvalue weighted by Gasteiger charge is -2.12. The lowest BCUT2D eigenvalue weighted by atomic mass is 10.1. The highest BCUT2D eigenvalue weighted by molar-refractivity contribution is 5.92. The maximum atomic E-state index is 11.7. The summed E-state index contributed by atoms with van der Waals surface area (Å²) < 4.78 is 14.6. The van der Waals surface area contributed by atoms with Gasteiger partial charge in [0.25, 0.3) is 0 Å². The number of carbonyl (C=O) groups is 2. The van der Waals surface area contributed by atoms with Crippen molar-refractivity contribution in [2.75, 3.05) is 27.9 Å². The molecule has 21 heavy (non-hydrogen) atoms. The number of carbonyl (C=O) groups excluding carboxylic acids is 2. The standard InChI is InChI=1S/C14H20N2O5/c1-19-8-11(15)13(17)16-7-9-4-5-12(20-2)10(6-9)14(18)21-3/h4-6,11H,7-8,15H2,1-3H3,(H,16,17). The molecule has 0 aromatic heterocycles. The van der Waals surface area contributed by atoms with Gasteiger partial charge in [-0.15, -0.1) is 0 Å². The highest BCUT2D eigenvalue weighted by Crippen LogP contribution is 2.20. The van der Waals surface area contributed by atoms with E-state index in [1.165, 1.54) is 21.3 Å². The molecule has 1 aromatic rings. The van der Waals surface area contributed by atoms with Crippen LogP contribution in [-0.2, 0) is 20.8 Å². The minimum Gasteiger partial charge on any atom is -0.496 e. The van der Waals surface area contributed by atoms with Gasteiger partial charge >= 0.3 is 5.97 Å². The molecule has 0 aliphatic heterocycles. The van der Waals surface area contributed by atoms with Crippen molar-refractivity contribution in [3.63, 3.8) is 0 Å². The molecule has 0 spiro atoms. The minimum absolute atomic E-state index is 0.141. The largest absolute Gasteiger partial charge is 0.496 e. The van der Waals surface area contributed by atoms with E-state index in [-0.39, 0.29) is 19.1 Å². The Morgan fingerprint density at radius 1 is 1.29 bits per heavy atom. The molecule has 0 radical (unpaired) electrons. The van der Waals surface area contributed by atoms with Gasteiger partial charge in [0.05, 0.1) is 20.8 Å². The Morgan fingerprint density at radius 2 is 2.00 bits per heavy atom. The molecular formula is C14H20N2O5. The monoisotopic (exact) mass is 296 g/mol. The smallest absolute Gasteiger partial charge is 0.341 e. The molecule has 0 saturated carbocycles. The zero-order valence-electron chi connectivity index (χ0n) is 12.3. The van der Waals surface area contributed by atoms with Crippen molar-refractivity contribution in [3.05, 3.63) is 29.3 Å². The molecule has 1 unspecified atom stereocenters. The van der Waals surface area contributed by atoms with Crippen LogP contribution >= 0.6 is 0 Å². The van der Waals surface area contributed by atoms with E-state index in [9.17, 15) is 9.59 Å². The number of benzene rings is 1. The van der Waals surface area contributed by atoms with E-state index in [1.54, 1.807) is 18.2 Å². The Balaban J connectivity index is 2.76. The molecule has 1 atom stereocenters. The minimum atomic E-state index is -0.728. The van der Waals surface area contributed by atoms with Crippen LogP contribution in [0.15, 0.2) is 18.2 Å². The Labute approximate surface area is 123 Å². The van der Waals surface area contributed by atoms with Crippen molar-refractivity contribution >= 4 is 11.9 Å². The van der Waals surface area contributed by atoms with Crippen LogP contribution in [0.1, 0.15) is 15.9 Å². The molecule has 1 amide bonds. The molecule has 0 aliphatic rings. The van der Waals surface area contributed by atoms with Gasteiger partial charge in [0.15, 0.2) is 0 Å². The van der Waals surface area contributed by atoms with Gasteiger partial charge in [-0.1, -0.05) is 6.07 Å². The van der Waals surface area contributed by atoms with Crippen molar-refractivity contribution in [1.29, 1.82) is 0 Å². The molecule has 0 heterocycles. The molecule has 7 heteroatoms. The first kappa shape index (κ1) is 16.9. The Kier molecular flexibility index (Phi) is 6.64. The molecule has 0 bridgehead atoms. The van der Waals surface area contributed by atoms with Crippen LogP contribution in [0.3, 0.4) is 0 Å². The summed E-state index contributed by atoms with van der Waals surface area (Å²) in [5.41, 5.74) is 6.64. The molecule has 1 aromatic carbocycles. The van der Waals surface area contributed by atoms with E-state index < -0.39 is 12.0 Å².